The fraction of sp³-hybridized carbons (Fsp3) is 0.120. The molecule has 1 amide bonds. The van der Waals surface area contributed by atoms with Gasteiger partial charge >= 0.3 is 11.8 Å². The Hall–Kier alpha value is -4.17. The van der Waals surface area contributed by atoms with Gasteiger partial charge in [-0.1, -0.05) is 23.7 Å². The van der Waals surface area contributed by atoms with E-state index in [1.165, 1.54) is 7.11 Å². The molecule has 0 saturated carbocycles. The summed E-state index contributed by atoms with van der Waals surface area (Å²) in [6.45, 7) is 1.90. The van der Waals surface area contributed by atoms with Crippen molar-refractivity contribution < 1.29 is 9.53 Å². The maximum Gasteiger partial charge on any atom is 0.412 e. The van der Waals surface area contributed by atoms with Crippen molar-refractivity contribution in [3.8, 4) is 16.8 Å². The minimum atomic E-state index is -0.585. The van der Waals surface area contributed by atoms with Crippen molar-refractivity contribution in [2.75, 3.05) is 12.4 Å². The Kier molecular flexibility index (Phi) is 5.30. The molecule has 2 aromatic carbocycles. The van der Waals surface area contributed by atoms with Gasteiger partial charge in [0.25, 0.3) is 0 Å². The smallest absolute Gasteiger partial charge is 0.412 e. The molecule has 0 atom stereocenters. The van der Waals surface area contributed by atoms with Gasteiger partial charge in [0.05, 0.1) is 35.5 Å². The standard InChI is InChI=1S/C25H20ClN5O3/c1-14-18(26)5-4-6-20(14)31-23-17-11-15(16-8-10-22(28-12-16)29-24(32)34-3)7-9-19(17)27-13-21(23)30(2)25(31)33/h4-13H,1-3H3,(H,28,29,32). The van der Waals surface area contributed by atoms with E-state index >= 15 is 0 Å². The second-order valence-corrected chi connectivity index (χ2v) is 8.24. The van der Waals surface area contributed by atoms with Gasteiger partial charge in [0.1, 0.15) is 5.82 Å². The third kappa shape index (κ3) is 3.48. The molecule has 170 valence electrons. The van der Waals surface area contributed by atoms with Gasteiger partial charge in [-0.2, -0.15) is 0 Å². The lowest BCUT2D eigenvalue weighted by molar-refractivity contribution is 0.187. The number of anilines is 1. The predicted octanol–water partition coefficient (Wildman–Crippen LogP) is 5.08. The molecule has 3 heterocycles. The molecule has 0 aliphatic rings. The number of aromatic nitrogens is 4. The van der Waals surface area contributed by atoms with Crippen LogP contribution in [-0.4, -0.2) is 32.3 Å². The Morgan fingerprint density at radius 2 is 1.85 bits per heavy atom. The van der Waals surface area contributed by atoms with Crippen LogP contribution in [0.25, 0.3) is 38.8 Å². The van der Waals surface area contributed by atoms with Crippen molar-refractivity contribution in [2.45, 2.75) is 6.92 Å². The van der Waals surface area contributed by atoms with E-state index in [4.69, 9.17) is 11.6 Å². The van der Waals surface area contributed by atoms with Crippen molar-refractivity contribution in [1.29, 1.82) is 0 Å². The topological polar surface area (TPSA) is 91.0 Å². The molecule has 0 bridgehead atoms. The van der Waals surface area contributed by atoms with Crippen LogP contribution in [0.15, 0.2) is 65.7 Å². The van der Waals surface area contributed by atoms with Crippen LogP contribution in [0.1, 0.15) is 5.56 Å². The first-order chi connectivity index (χ1) is 16.4. The van der Waals surface area contributed by atoms with Crippen LogP contribution in [0.3, 0.4) is 0 Å². The number of fused-ring (bicyclic) bond motifs is 3. The average molecular weight is 474 g/mol. The molecule has 0 fully saturated rings. The lowest BCUT2D eigenvalue weighted by Crippen LogP contribution is -2.21. The largest absolute Gasteiger partial charge is 0.453 e. The number of ether oxygens (including phenoxy) is 1. The summed E-state index contributed by atoms with van der Waals surface area (Å²) in [7, 11) is 3.02. The molecule has 34 heavy (non-hydrogen) atoms. The van der Waals surface area contributed by atoms with E-state index < -0.39 is 6.09 Å². The van der Waals surface area contributed by atoms with Crippen molar-refractivity contribution in [1.82, 2.24) is 19.1 Å². The van der Waals surface area contributed by atoms with E-state index in [9.17, 15) is 9.59 Å². The molecule has 5 aromatic rings. The van der Waals surface area contributed by atoms with E-state index in [2.05, 4.69) is 20.0 Å². The Morgan fingerprint density at radius 1 is 1.06 bits per heavy atom. The number of benzene rings is 2. The van der Waals surface area contributed by atoms with Crippen molar-refractivity contribution in [2.24, 2.45) is 7.05 Å². The number of rotatable bonds is 3. The zero-order chi connectivity index (χ0) is 24.0. The van der Waals surface area contributed by atoms with Gasteiger partial charge in [-0.05, 0) is 54.4 Å². The monoisotopic (exact) mass is 473 g/mol. The average Bonchev–Trinajstić information content (AvgIpc) is 3.11. The highest BCUT2D eigenvalue weighted by Crippen LogP contribution is 2.31. The highest BCUT2D eigenvalue weighted by atomic mass is 35.5. The molecule has 0 aliphatic heterocycles. The Bertz CT molecular complexity index is 1640. The van der Waals surface area contributed by atoms with Crippen LogP contribution in [0.4, 0.5) is 10.6 Å². The molecule has 0 unspecified atom stereocenters. The summed E-state index contributed by atoms with van der Waals surface area (Å²) >= 11 is 6.38. The number of halogens is 1. The molecule has 3 aromatic heterocycles. The summed E-state index contributed by atoms with van der Waals surface area (Å²) in [6, 6.07) is 14.9. The maximum absolute atomic E-state index is 13.3. The first-order valence-electron chi connectivity index (χ1n) is 10.5. The summed E-state index contributed by atoms with van der Waals surface area (Å²) in [4.78, 5) is 33.6. The van der Waals surface area contributed by atoms with Gasteiger partial charge in [-0.25, -0.2) is 14.6 Å². The van der Waals surface area contributed by atoms with E-state index in [0.29, 0.717) is 16.4 Å². The Balaban J connectivity index is 1.73. The van der Waals surface area contributed by atoms with E-state index in [-0.39, 0.29) is 5.69 Å². The van der Waals surface area contributed by atoms with Crippen molar-refractivity contribution in [3.63, 3.8) is 0 Å². The predicted molar refractivity (Wildman–Crippen MR) is 133 cm³/mol. The molecule has 9 heteroatoms. The number of hydrogen-bond donors (Lipinski definition) is 1. The summed E-state index contributed by atoms with van der Waals surface area (Å²) in [5, 5.41) is 3.95. The number of nitrogens with zero attached hydrogens (tertiary/aromatic N) is 4. The molecule has 0 spiro atoms. The number of hydrogen-bond acceptors (Lipinski definition) is 5. The van der Waals surface area contributed by atoms with Crippen molar-refractivity contribution in [3.05, 3.63) is 82.0 Å². The molecule has 8 nitrogen and oxygen atoms in total. The number of nitrogens with one attached hydrogen (secondary N) is 1. The number of amides is 1. The van der Waals surface area contributed by atoms with Crippen LogP contribution in [0.2, 0.25) is 5.02 Å². The zero-order valence-corrected chi connectivity index (χ0v) is 19.4. The third-order valence-electron chi connectivity index (χ3n) is 5.88. The van der Waals surface area contributed by atoms with Gasteiger partial charge in [0, 0.05) is 29.2 Å². The Labute approximate surface area is 199 Å². The van der Waals surface area contributed by atoms with Crippen LogP contribution in [-0.2, 0) is 11.8 Å². The van der Waals surface area contributed by atoms with Gasteiger partial charge in [0.15, 0.2) is 0 Å². The molecular formula is C25H20ClN5O3. The number of carbonyl (C=O) groups is 1. The molecular weight excluding hydrogens is 454 g/mol. The number of methoxy groups -OCH3 is 1. The van der Waals surface area contributed by atoms with Gasteiger partial charge in [-0.15, -0.1) is 0 Å². The van der Waals surface area contributed by atoms with Gasteiger partial charge in [-0.3, -0.25) is 19.4 Å². The zero-order valence-electron chi connectivity index (χ0n) is 18.7. The lowest BCUT2D eigenvalue weighted by atomic mass is 10.0. The Morgan fingerprint density at radius 3 is 2.59 bits per heavy atom. The van der Waals surface area contributed by atoms with Crippen LogP contribution in [0, 0.1) is 6.92 Å². The van der Waals surface area contributed by atoms with Gasteiger partial charge in [0.2, 0.25) is 0 Å². The third-order valence-corrected chi connectivity index (χ3v) is 6.29. The SMILES string of the molecule is COC(=O)Nc1ccc(-c2ccc3ncc4c(c3c2)n(-c2cccc(Cl)c2C)c(=O)n4C)cn1. The van der Waals surface area contributed by atoms with Crippen LogP contribution in [0.5, 0.6) is 0 Å². The summed E-state index contributed by atoms with van der Waals surface area (Å²) in [5.41, 5.74) is 5.32. The summed E-state index contributed by atoms with van der Waals surface area (Å²) in [5.74, 6) is 0.383. The van der Waals surface area contributed by atoms with E-state index in [1.807, 2.05) is 43.3 Å². The highest BCUT2D eigenvalue weighted by molar-refractivity contribution is 6.31. The maximum atomic E-state index is 13.3. The van der Waals surface area contributed by atoms with Crippen LogP contribution < -0.4 is 11.0 Å². The summed E-state index contributed by atoms with van der Waals surface area (Å²) < 4.78 is 7.87. The number of imidazole rings is 1. The quantitative estimate of drug-likeness (QED) is 0.394. The fourth-order valence-corrected chi connectivity index (χ4v) is 4.20. The number of aryl methyl sites for hydroxylation is 1. The van der Waals surface area contributed by atoms with Crippen molar-refractivity contribution >= 4 is 45.4 Å². The first kappa shape index (κ1) is 21.7. The molecule has 0 radical (unpaired) electrons. The molecule has 0 saturated heterocycles. The van der Waals surface area contributed by atoms with E-state index in [0.717, 1.165) is 38.8 Å². The molecule has 0 aliphatic carbocycles. The second-order valence-electron chi connectivity index (χ2n) is 7.83. The number of pyridine rings is 2. The molecule has 1 N–H and O–H groups in total. The normalized spacial score (nSPS) is 11.2. The fourth-order valence-electron chi connectivity index (χ4n) is 4.03. The van der Waals surface area contributed by atoms with E-state index in [1.54, 1.807) is 40.7 Å². The lowest BCUT2D eigenvalue weighted by Gasteiger charge is -2.11. The second kappa shape index (κ2) is 8.31. The highest BCUT2D eigenvalue weighted by Gasteiger charge is 2.18. The minimum Gasteiger partial charge on any atom is -0.453 e. The summed E-state index contributed by atoms with van der Waals surface area (Å²) in [6.07, 6.45) is 2.79. The van der Waals surface area contributed by atoms with Crippen LogP contribution >= 0.6 is 11.6 Å². The number of carbonyl (C=O) groups excluding carboxylic acids is 1. The minimum absolute atomic E-state index is 0.181. The van der Waals surface area contributed by atoms with Gasteiger partial charge < -0.3 is 4.74 Å². The molecule has 5 rings (SSSR count). The first-order valence-corrected chi connectivity index (χ1v) is 10.8.